The first kappa shape index (κ1) is 16.7. The quantitative estimate of drug-likeness (QED) is 0.591. The van der Waals surface area contributed by atoms with E-state index in [4.69, 9.17) is 0 Å². The monoisotopic (exact) mass is 358 g/mol. The van der Waals surface area contributed by atoms with Crippen molar-refractivity contribution in [1.82, 2.24) is 15.0 Å². The summed E-state index contributed by atoms with van der Waals surface area (Å²) in [5, 5.41) is 10.9. The fourth-order valence-corrected chi connectivity index (χ4v) is 2.75. The van der Waals surface area contributed by atoms with Crippen LogP contribution in [0.1, 0.15) is 10.4 Å². The van der Waals surface area contributed by atoms with Gasteiger partial charge in [0.15, 0.2) is 0 Å². The van der Waals surface area contributed by atoms with Crippen LogP contribution in [0, 0.1) is 5.82 Å². The molecule has 0 saturated carbocycles. The van der Waals surface area contributed by atoms with E-state index in [1.54, 1.807) is 29.1 Å². The van der Waals surface area contributed by atoms with Crippen molar-refractivity contribution in [2.75, 3.05) is 5.32 Å². The maximum Gasteiger partial charge on any atom is 0.255 e. The SMILES string of the molecule is O=C(Nc1ccc(-n2nncc2-c2ccccc2)cc1)c1cccc(F)c1. The zero-order valence-electron chi connectivity index (χ0n) is 14.2. The van der Waals surface area contributed by atoms with Crippen LogP contribution in [0.4, 0.5) is 10.1 Å². The Morgan fingerprint density at radius 1 is 0.926 bits per heavy atom. The maximum atomic E-state index is 13.3. The van der Waals surface area contributed by atoms with Crippen molar-refractivity contribution >= 4 is 11.6 Å². The molecular formula is C21H15FN4O. The molecule has 1 aromatic heterocycles. The second-order valence-electron chi connectivity index (χ2n) is 5.91. The molecule has 4 rings (SSSR count). The summed E-state index contributed by atoms with van der Waals surface area (Å²) in [5.41, 5.74) is 3.56. The van der Waals surface area contributed by atoms with Crippen LogP contribution >= 0.6 is 0 Å². The molecule has 6 heteroatoms. The van der Waals surface area contributed by atoms with Crippen LogP contribution in [-0.4, -0.2) is 20.9 Å². The lowest BCUT2D eigenvalue weighted by molar-refractivity contribution is 0.102. The summed E-state index contributed by atoms with van der Waals surface area (Å²) in [6.07, 6.45) is 1.70. The van der Waals surface area contributed by atoms with Gasteiger partial charge in [-0.05, 0) is 42.5 Å². The number of amides is 1. The van der Waals surface area contributed by atoms with Gasteiger partial charge in [-0.2, -0.15) is 0 Å². The van der Waals surface area contributed by atoms with Crippen molar-refractivity contribution in [3.63, 3.8) is 0 Å². The first-order valence-electron chi connectivity index (χ1n) is 8.34. The van der Waals surface area contributed by atoms with Crippen molar-refractivity contribution in [2.24, 2.45) is 0 Å². The Morgan fingerprint density at radius 2 is 1.70 bits per heavy atom. The van der Waals surface area contributed by atoms with Crippen molar-refractivity contribution in [3.05, 3.63) is 96.4 Å². The first-order chi connectivity index (χ1) is 13.2. The molecule has 0 unspecified atom stereocenters. The van der Waals surface area contributed by atoms with Crippen molar-refractivity contribution in [2.45, 2.75) is 0 Å². The fourth-order valence-electron chi connectivity index (χ4n) is 2.75. The van der Waals surface area contributed by atoms with Gasteiger partial charge in [-0.3, -0.25) is 4.79 Å². The van der Waals surface area contributed by atoms with E-state index < -0.39 is 5.82 Å². The number of aromatic nitrogens is 3. The predicted octanol–water partition coefficient (Wildman–Crippen LogP) is 4.33. The molecule has 1 amide bonds. The lowest BCUT2D eigenvalue weighted by Gasteiger charge is -2.09. The number of hydrogen-bond acceptors (Lipinski definition) is 3. The number of benzene rings is 3. The largest absolute Gasteiger partial charge is 0.322 e. The van der Waals surface area contributed by atoms with Crippen LogP contribution < -0.4 is 5.32 Å². The Hall–Kier alpha value is -3.80. The molecule has 1 N–H and O–H groups in total. The van der Waals surface area contributed by atoms with Crippen molar-refractivity contribution < 1.29 is 9.18 Å². The molecule has 1 heterocycles. The summed E-state index contributed by atoms with van der Waals surface area (Å²) in [7, 11) is 0. The van der Waals surface area contributed by atoms with Crippen LogP contribution in [-0.2, 0) is 0 Å². The smallest absolute Gasteiger partial charge is 0.255 e. The summed E-state index contributed by atoms with van der Waals surface area (Å²) in [4.78, 5) is 12.2. The highest BCUT2D eigenvalue weighted by molar-refractivity contribution is 6.04. The second-order valence-corrected chi connectivity index (χ2v) is 5.91. The van der Waals surface area contributed by atoms with Gasteiger partial charge in [-0.25, -0.2) is 9.07 Å². The van der Waals surface area contributed by atoms with Gasteiger partial charge in [0, 0.05) is 16.8 Å². The number of nitrogens with one attached hydrogen (secondary N) is 1. The third-order valence-electron chi connectivity index (χ3n) is 4.08. The molecule has 0 saturated heterocycles. The van der Waals surface area contributed by atoms with Gasteiger partial charge < -0.3 is 5.32 Å². The summed E-state index contributed by atoms with van der Waals surface area (Å²) in [6, 6.07) is 22.6. The van der Waals surface area contributed by atoms with E-state index in [9.17, 15) is 9.18 Å². The number of carbonyl (C=O) groups is 1. The highest BCUT2D eigenvalue weighted by atomic mass is 19.1. The third kappa shape index (κ3) is 3.59. The molecule has 0 aliphatic heterocycles. The Balaban J connectivity index is 1.55. The zero-order chi connectivity index (χ0) is 18.6. The van der Waals surface area contributed by atoms with Crippen LogP contribution in [0.3, 0.4) is 0 Å². The van der Waals surface area contributed by atoms with Crippen LogP contribution in [0.2, 0.25) is 0 Å². The number of hydrogen-bond donors (Lipinski definition) is 1. The van der Waals surface area contributed by atoms with E-state index in [1.807, 2.05) is 42.5 Å². The number of nitrogens with zero attached hydrogens (tertiary/aromatic N) is 3. The molecule has 0 bridgehead atoms. The average molecular weight is 358 g/mol. The van der Waals surface area contributed by atoms with Gasteiger partial charge in [0.1, 0.15) is 5.82 Å². The minimum absolute atomic E-state index is 0.265. The zero-order valence-corrected chi connectivity index (χ0v) is 14.2. The predicted molar refractivity (Wildman–Crippen MR) is 101 cm³/mol. The molecule has 3 aromatic carbocycles. The molecule has 5 nitrogen and oxygen atoms in total. The van der Waals surface area contributed by atoms with E-state index in [-0.39, 0.29) is 11.5 Å². The van der Waals surface area contributed by atoms with Gasteiger partial charge in [-0.1, -0.05) is 41.6 Å². The summed E-state index contributed by atoms with van der Waals surface area (Å²) in [6.45, 7) is 0. The van der Waals surface area contributed by atoms with E-state index in [0.717, 1.165) is 16.9 Å². The lowest BCUT2D eigenvalue weighted by Crippen LogP contribution is -2.12. The molecule has 4 aromatic rings. The van der Waals surface area contributed by atoms with Gasteiger partial charge >= 0.3 is 0 Å². The summed E-state index contributed by atoms with van der Waals surface area (Å²) in [5.74, 6) is -0.814. The highest BCUT2D eigenvalue weighted by Gasteiger charge is 2.10. The number of rotatable bonds is 4. The normalized spacial score (nSPS) is 10.6. The van der Waals surface area contributed by atoms with E-state index in [0.29, 0.717) is 5.69 Å². The molecule has 132 valence electrons. The molecule has 0 fully saturated rings. The Kier molecular flexibility index (Phi) is 4.45. The molecule has 0 aliphatic carbocycles. The van der Waals surface area contributed by atoms with Crippen LogP contribution in [0.25, 0.3) is 16.9 Å². The van der Waals surface area contributed by atoms with E-state index >= 15 is 0 Å². The Labute approximate surface area is 155 Å². The molecule has 0 atom stereocenters. The number of halogens is 1. The third-order valence-corrected chi connectivity index (χ3v) is 4.08. The van der Waals surface area contributed by atoms with Crippen LogP contribution in [0.5, 0.6) is 0 Å². The van der Waals surface area contributed by atoms with E-state index in [2.05, 4.69) is 15.6 Å². The standard InChI is InChI=1S/C21H15FN4O/c22-17-8-4-7-16(13-17)21(27)24-18-9-11-19(12-10-18)26-20(14-23-25-26)15-5-2-1-3-6-15/h1-14H,(H,24,27). The minimum Gasteiger partial charge on any atom is -0.322 e. The van der Waals surface area contributed by atoms with Crippen LogP contribution in [0.15, 0.2) is 85.1 Å². The highest BCUT2D eigenvalue weighted by Crippen LogP contribution is 2.22. The van der Waals surface area contributed by atoms with Gasteiger partial charge in [0.05, 0.1) is 17.6 Å². The fraction of sp³-hybridized carbons (Fsp3) is 0. The van der Waals surface area contributed by atoms with Gasteiger partial charge in [-0.15, -0.1) is 5.10 Å². The molecule has 0 aliphatic rings. The van der Waals surface area contributed by atoms with E-state index in [1.165, 1.54) is 18.2 Å². The lowest BCUT2D eigenvalue weighted by atomic mass is 10.1. The maximum absolute atomic E-state index is 13.3. The molecule has 27 heavy (non-hydrogen) atoms. The summed E-state index contributed by atoms with van der Waals surface area (Å²) >= 11 is 0. The molecule has 0 spiro atoms. The number of anilines is 1. The van der Waals surface area contributed by atoms with Gasteiger partial charge in [0.25, 0.3) is 5.91 Å². The minimum atomic E-state index is -0.447. The second kappa shape index (κ2) is 7.21. The Morgan fingerprint density at radius 3 is 2.44 bits per heavy atom. The summed E-state index contributed by atoms with van der Waals surface area (Å²) < 4.78 is 15.0. The number of carbonyl (C=O) groups excluding carboxylic acids is 1. The first-order valence-corrected chi connectivity index (χ1v) is 8.34. The molecular weight excluding hydrogens is 343 g/mol. The topological polar surface area (TPSA) is 59.8 Å². The Bertz CT molecular complexity index is 1070. The van der Waals surface area contributed by atoms with Crippen molar-refractivity contribution in [3.8, 4) is 16.9 Å². The van der Waals surface area contributed by atoms with Crippen molar-refractivity contribution in [1.29, 1.82) is 0 Å². The molecule has 0 radical (unpaired) electrons. The van der Waals surface area contributed by atoms with Gasteiger partial charge in [0.2, 0.25) is 0 Å². The average Bonchev–Trinajstić information content (AvgIpc) is 3.19.